The molecule has 1 amide bonds. The maximum absolute atomic E-state index is 13.0. The number of phenols is 1. The van der Waals surface area contributed by atoms with Crippen LogP contribution in [0.15, 0.2) is 41.3 Å². The molecular formula is C24H32N4O4S. The van der Waals surface area contributed by atoms with E-state index in [2.05, 4.69) is 19.8 Å². The number of nitrogens with zero attached hydrogens (tertiary/aromatic N) is 2. The van der Waals surface area contributed by atoms with Crippen LogP contribution < -0.4 is 10.0 Å². The molecule has 2 aliphatic rings. The van der Waals surface area contributed by atoms with Crippen molar-refractivity contribution in [1.82, 2.24) is 9.80 Å². The molecule has 0 aliphatic carbocycles. The van der Waals surface area contributed by atoms with E-state index in [4.69, 9.17) is 0 Å². The summed E-state index contributed by atoms with van der Waals surface area (Å²) in [6.45, 7) is 6.53. The Balaban J connectivity index is 1.59. The average molecular weight is 473 g/mol. The van der Waals surface area contributed by atoms with Crippen LogP contribution in [0.5, 0.6) is 5.75 Å². The van der Waals surface area contributed by atoms with Gasteiger partial charge in [0.25, 0.3) is 10.0 Å². The summed E-state index contributed by atoms with van der Waals surface area (Å²) in [7, 11) is -3.83. The van der Waals surface area contributed by atoms with Gasteiger partial charge in [0, 0.05) is 42.5 Å². The molecule has 4 rings (SSSR count). The minimum Gasteiger partial charge on any atom is -0.507 e. The third-order valence-corrected chi connectivity index (χ3v) is 7.59. The van der Waals surface area contributed by atoms with Crippen LogP contribution in [0.1, 0.15) is 43.7 Å². The van der Waals surface area contributed by atoms with Crippen molar-refractivity contribution in [1.29, 1.82) is 0 Å². The normalized spacial score (nSPS) is 17.4. The van der Waals surface area contributed by atoms with Crippen LogP contribution in [0, 0.1) is 0 Å². The molecule has 3 N–H and O–H groups in total. The molecule has 2 aromatic carbocycles. The van der Waals surface area contributed by atoms with E-state index in [0.29, 0.717) is 24.5 Å². The Kier molecular flexibility index (Phi) is 7.21. The molecule has 2 aliphatic heterocycles. The van der Waals surface area contributed by atoms with Crippen molar-refractivity contribution in [3.8, 4) is 5.75 Å². The molecule has 8 nitrogen and oxygen atoms in total. The molecule has 0 saturated carbocycles. The predicted molar refractivity (Wildman–Crippen MR) is 129 cm³/mol. The number of likely N-dealkylation sites (tertiary alicyclic amines) is 2. The molecule has 0 spiro atoms. The minimum atomic E-state index is -3.83. The second-order valence-corrected chi connectivity index (χ2v) is 10.6. The molecule has 2 aromatic rings. The third kappa shape index (κ3) is 6.04. The predicted octanol–water partition coefficient (Wildman–Crippen LogP) is 3.34. The second kappa shape index (κ2) is 10.1. The van der Waals surface area contributed by atoms with Gasteiger partial charge in [0.15, 0.2) is 0 Å². The van der Waals surface area contributed by atoms with Crippen molar-refractivity contribution < 1.29 is 18.3 Å². The second-order valence-electron chi connectivity index (χ2n) is 8.92. The van der Waals surface area contributed by atoms with E-state index >= 15 is 0 Å². The molecule has 33 heavy (non-hydrogen) atoms. The first-order valence-corrected chi connectivity index (χ1v) is 13.0. The molecule has 2 heterocycles. The summed E-state index contributed by atoms with van der Waals surface area (Å²) in [6, 6.07) is 9.53. The monoisotopic (exact) mass is 472 g/mol. The van der Waals surface area contributed by atoms with Crippen LogP contribution in [-0.2, 0) is 27.9 Å². The van der Waals surface area contributed by atoms with Crippen LogP contribution in [0.25, 0.3) is 0 Å². The fourth-order valence-electron chi connectivity index (χ4n) is 4.56. The number of rotatable bonds is 8. The van der Waals surface area contributed by atoms with Gasteiger partial charge in [0.1, 0.15) is 5.75 Å². The van der Waals surface area contributed by atoms with Crippen molar-refractivity contribution in [2.45, 2.75) is 50.6 Å². The minimum absolute atomic E-state index is 0.104. The first-order valence-electron chi connectivity index (χ1n) is 11.5. The zero-order chi connectivity index (χ0) is 23.4. The number of hydrogen-bond donors (Lipinski definition) is 3. The molecule has 0 aromatic heterocycles. The van der Waals surface area contributed by atoms with E-state index in [1.165, 1.54) is 19.1 Å². The highest BCUT2D eigenvalue weighted by atomic mass is 32.2. The standard InChI is InChI=1S/C24H32N4O4S/c1-18(29)25-21-6-8-23(9-7-21)33(31,32)26-22-14-19(16-27-10-2-3-11-27)24(30)20(15-22)17-28-12-4-5-13-28/h6-9,14-15,26,30H,2-5,10-13,16-17H2,1H3,(H,25,29). The molecule has 9 heteroatoms. The first-order chi connectivity index (χ1) is 15.8. The third-order valence-electron chi connectivity index (χ3n) is 6.19. The van der Waals surface area contributed by atoms with E-state index in [1.807, 2.05) is 0 Å². The number of amides is 1. The van der Waals surface area contributed by atoms with Crippen molar-refractivity contribution in [2.75, 3.05) is 36.2 Å². The van der Waals surface area contributed by atoms with Crippen LogP contribution in [-0.4, -0.2) is 55.4 Å². The van der Waals surface area contributed by atoms with Gasteiger partial charge in [-0.25, -0.2) is 8.42 Å². The largest absolute Gasteiger partial charge is 0.507 e. The summed E-state index contributed by atoms with van der Waals surface area (Å²) in [5, 5.41) is 13.6. The summed E-state index contributed by atoms with van der Waals surface area (Å²) in [5.74, 6) is 0.0419. The van der Waals surface area contributed by atoms with Crippen LogP contribution in [0.2, 0.25) is 0 Å². The molecule has 0 atom stereocenters. The number of carbonyl (C=O) groups is 1. The summed E-state index contributed by atoms with van der Waals surface area (Å²) >= 11 is 0. The highest BCUT2D eigenvalue weighted by Crippen LogP contribution is 2.32. The van der Waals surface area contributed by atoms with Crippen molar-refractivity contribution in [2.24, 2.45) is 0 Å². The van der Waals surface area contributed by atoms with Gasteiger partial charge in [-0.3, -0.25) is 19.3 Å². The summed E-state index contributed by atoms with van der Waals surface area (Å²) < 4.78 is 28.8. The van der Waals surface area contributed by atoms with Crippen LogP contribution >= 0.6 is 0 Å². The number of anilines is 2. The van der Waals surface area contributed by atoms with E-state index in [-0.39, 0.29) is 16.6 Å². The van der Waals surface area contributed by atoms with Gasteiger partial charge in [-0.1, -0.05) is 0 Å². The quantitative estimate of drug-likeness (QED) is 0.510. The van der Waals surface area contributed by atoms with Gasteiger partial charge in [0.05, 0.1) is 4.90 Å². The van der Waals surface area contributed by atoms with Gasteiger partial charge in [0.2, 0.25) is 5.91 Å². The van der Waals surface area contributed by atoms with Gasteiger partial charge in [-0.15, -0.1) is 0 Å². The number of hydrogen-bond acceptors (Lipinski definition) is 6. The SMILES string of the molecule is CC(=O)Nc1ccc(S(=O)(=O)Nc2cc(CN3CCCC3)c(O)c(CN3CCCC3)c2)cc1. The Hall–Kier alpha value is -2.62. The number of nitrogens with one attached hydrogen (secondary N) is 2. The zero-order valence-electron chi connectivity index (χ0n) is 19.0. The lowest BCUT2D eigenvalue weighted by Crippen LogP contribution is -2.21. The Labute approximate surface area is 195 Å². The molecule has 2 fully saturated rings. The molecule has 2 saturated heterocycles. The summed E-state index contributed by atoms with van der Waals surface area (Å²) in [6.07, 6.45) is 4.56. The van der Waals surface area contributed by atoms with Crippen molar-refractivity contribution >= 4 is 27.3 Å². The highest BCUT2D eigenvalue weighted by molar-refractivity contribution is 7.92. The number of benzene rings is 2. The van der Waals surface area contributed by atoms with Gasteiger partial charge in [-0.05, 0) is 88.3 Å². The maximum atomic E-state index is 13.0. The zero-order valence-corrected chi connectivity index (χ0v) is 19.8. The number of sulfonamides is 1. The number of phenolic OH excluding ortho intramolecular Hbond substituents is 1. The fourth-order valence-corrected chi connectivity index (χ4v) is 5.60. The molecule has 0 radical (unpaired) electrons. The average Bonchev–Trinajstić information content (AvgIpc) is 3.45. The van der Waals surface area contributed by atoms with E-state index in [0.717, 1.165) is 63.0 Å². The Morgan fingerprint density at radius 3 is 1.82 bits per heavy atom. The van der Waals surface area contributed by atoms with Gasteiger partial charge >= 0.3 is 0 Å². The van der Waals surface area contributed by atoms with E-state index in [9.17, 15) is 18.3 Å². The summed E-state index contributed by atoms with van der Waals surface area (Å²) in [4.78, 5) is 15.9. The molecule has 0 unspecified atom stereocenters. The summed E-state index contributed by atoms with van der Waals surface area (Å²) in [5.41, 5.74) is 2.47. The van der Waals surface area contributed by atoms with Crippen LogP contribution in [0.3, 0.4) is 0 Å². The van der Waals surface area contributed by atoms with E-state index in [1.54, 1.807) is 24.3 Å². The van der Waals surface area contributed by atoms with Crippen molar-refractivity contribution in [3.63, 3.8) is 0 Å². The number of aromatic hydroxyl groups is 1. The number of carbonyl (C=O) groups excluding carboxylic acids is 1. The Morgan fingerprint density at radius 1 is 0.879 bits per heavy atom. The molecule has 0 bridgehead atoms. The first kappa shape index (κ1) is 23.5. The van der Waals surface area contributed by atoms with Crippen LogP contribution in [0.4, 0.5) is 11.4 Å². The van der Waals surface area contributed by atoms with Crippen molar-refractivity contribution in [3.05, 3.63) is 47.5 Å². The van der Waals surface area contributed by atoms with Gasteiger partial charge in [-0.2, -0.15) is 0 Å². The Bertz CT molecular complexity index is 1050. The smallest absolute Gasteiger partial charge is 0.261 e. The molecular weight excluding hydrogens is 440 g/mol. The Morgan fingerprint density at radius 2 is 1.36 bits per heavy atom. The lowest BCUT2D eigenvalue weighted by Gasteiger charge is -2.21. The topological polar surface area (TPSA) is 102 Å². The lowest BCUT2D eigenvalue weighted by atomic mass is 10.1. The lowest BCUT2D eigenvalue weighted by molar-refractivity contribution is -0.114. The molecule has 178 valence electrons. The van der Waals surface area contributed by atoms with E-state index < -0.39 is 10.0 Å². The highest BCUT2D eigenvalue weighted by Gasteiger charge is 2.21. The maximum Gasteiger partial charge on any atom is 0.261 e. The van der Waals surface area contributed by atoms with Gasteiger partial charge < -0.3 is 10.4 Å². The fraction of sp³-hybridized carbons (Fsp3) is 0.458.